The maximum Gasteiger partial charge on any atom is 0.233 e. The van der Waals surface area contributed by atoms with Crippen LogP contribution in [-0.2, 0) is 11.2 Å². The molecule has 1 unspecified atom stereocenters. The van der Waals surface area contributed by atoms with Crippen molar-refractivity contribution in [2.24, 2.45) is 5.92 Å². The zero-order valence-electron chi connectivity index (χ0n) is 15.7. The Bertz CT molecular complexity index is 757. The lowest BCUT2D eigenvalue weighted by molar-refractivity contribution is -0.120. The molecule has 1 atom stereocenters. The number of hydrogen-bond acceptors (Lipinski definition) is 3. The van der Waals surface area contributed by atoms with E-state index in [1.165, 1.54) is 5.56 Å². The zero-order chi connectivity index (χ0) is 19.1. The predicted molar refractivity (Wildman–Crippen MR) is 111 cm³/mol. The molecule has 0 saturated heterocycles. The molecule has 5 heteroatoms. The lowest BCUT2D eigenvalue weighted by Crippen LogP contribution is -2.36. The average molecular weight is 371 g/mol. The summed E-state index contributed by atoms with van der Waals surface area (Å²) in [5, 5.41) is 6.01. The summed E-state index contributed by atoms with van der Waals surface area (Å²) in [6.07, 6.45) is 1.04. The van der Waals surface area contributed by atoms with Crippen LogP contribution < -0.4 is 15.4 Å². The number of amides is 1. The first kappa shape index (κ1) is 19.9. The SMILES string of the molecule is COc1ccccc1NC(=S)NC(=O)C(C)c1ccc(CC(C)C)cc1. The van der Waals surface area contributed by atoms with Crippen LogP contribution in [-0.4, -0.2) is 18.1 Å². The van der Waals surface area contributed by atoms with E-state index in [9.17, 15) is 4.79 Å². The van der Waals surface area contributed by atoms with E-state index in [4.69, 9.17) is 17.0 Å². The number of nitrogens with one attached hydrogen (secondary N) is 2. The molecule has 26 heavy (non-hydrogen) atoms. The molecule has 1 amide bonds. The van der Waals surface area contributed by atoms with Crippen molar-refractivity contribution in [2.75, 3.05) is 12.4 Å². The van der Waals surface area contributed by atoms with Crippen molar-refractivity contribution >= 4 is 28.9 Å². The number of carbonyl (C=O) groups is 1. The highest BCUT2D eigenvalue weighted by molar-refractivity contribution is 7.80. The summed E-state index contributed by atoms with van der Waals surface area (Å²) < 4.78 is 5.27. The van der Waals surface area contributed by atoms with Crippen LogP contribution in [0.15, 0.2) is 48.5 Å². The van der Waals surface area contributed by atoms with Crippen LogP contribution in [0.5, 0.6) is 5.75 Å². The summed E-state index contributed by atoms with van der Waals surface area (Å²) in [5.74, 6) is 0.840. The molecule has 2 aromatic rings. The summed E-state index contributed by atoms with van der Waals surface area (Å²) in [4.78, 5) is 12.5. The van der Waals surface area contributed by atoms with Gasteiger partial charge in [0.15, 0.2) is 5.11 Å². The van der Waals surface area contributed by atoms with Crippen molar-refractivity contribution in [3.05, 3.63) is 59.7 Å². The van der Waals surface area contributed by atoms with Gasteiger partial charge in [-0.25, -0.2) is 0 Å². The van der Waals surface area contributed by atoms with Gasteiger partial charge in [0.2, 0.25) is 5.91 Å². The Labute approximate surface area is 161 Å². The summed E-state index contributed by atoms with van der Waals surface area (Å²) in [6, 6.07) is 15.6. The van der Waals surface area contributed by atoms with E-state index >= 15 is 0 Å². The van der Waals surface area contributed by atoms with E-state index in [1.807, 2.05) is 43.3 Å². The number of thiocarbonyl (C=S) groups is 1. The minimum Gasteiger partial charge on any atom is -0.495 e. The van der Waals surface area contributed by atoms with Gasteiger partial charge < -0.3 is 15.4 Å². The minimum atomic E-state index is -0.291. The highest BCUT2D eigenvalue weighted by Gasteiger charge is 2.17. The second kappa shape index (κ2) is 9.34. The first-order valence-corrected chi connectivity index (χ1v) is 9.15. The van der Waals surface area contributed by atoms with Crippen LogP contribution in [0.25, 0.3) is 0 Å². The number of benzene rings is 2. The lowest BCUT2D eigenvalue weighted by atomic mass is 9.96. The Balaban J connectivity index is 1.96. The Hall–Kier alpha value is -2.40. The number of anilines is 1. The van der Waals surface area contributed by atoms with E-state index in [1.54, 1.807) is 7.11 Å². The van der Waals surface area contributed by atoms with Gasteiger partial charge >= 0.3 is 0 Å². The smallest absolute Gasteiger partial charge is 0.233 e. The maximum absolute atomic E-state index is 12.5. The van der Waals surface area contributed by atoms with Gasteiger partial charge in [-0.2, -0.15) is 0 Å². The molecule has 0 saturated carbocycles. The number of para-hydroxylation sites is 2. The molecule has 0 heterocycles. The molecular formula is C21H26N2O2S. The third-order valence-electron chi connectivity index (χ3n) is 4.11. The predicted octanol–water partition coefficient (Wildman–Crippen LogP) is 4.51. The Morgan fingerprint density at radius 2 is 1.73 bits per heavy atom. The van der Waals surface area contributed by atoms with Crippen molar-refractivity contribution in [3.8, 4) is 5.75 Å². The molecular weight excluding hydrogens is 344 g/mol. The number of hydrogen-bond donors (Lipinski definition) is 2. The van der Waals surface area contributed by atoms with Crippen LogP contribution in [0.1, 0.15) is 37.8 Å². The Morgan fingerprint density at radius 3 is 2.35 bits per heavy atom. The molecule has 0 aromatic heterocycles. The van der Waals surface area contributed by atoms with Crippen molar-refractivity contribution in [1.82, 2.24) is 5.32 Å². The monoisotopic (exact) mass is 370 g/mol. The number of methoxy groups -OCH3 is 1. The quantitative estimate of drug-likeness (QED) is 0.735. The first-order chi connectivity index (χ1) is 12.4. The van der Waals surface area contributed by atoms with E-state index < -0.39 is 0 Å². The second-order valence-electron chi connectivity index (χ2n) is 6.70. The van der Waals surface area contributed by atoms with Gasteiger partial charge in [-0.3, -0.25) is 4.79 Å². The molecule has 4 nitrogen and oxygen atoms in total. The molecule has 0 bridgehead atoms. The first-order valence-electron chi connectivity index (χ1n) is 8.74. The molecule has 0 aliphatic heterocycles. The number of ether oxygens (including phenoxy) is 1. The molecule has 0 aliphatic rings. The zero-order valence-corrected chi connectivity index (χ0v) is 16.5. The topological polar surface area (TPSA) is 50.4 Å². The van der Waals surface area contributed by atoms with Gasteiger partial charge in [-0.1, -0.05) is 50.2 Å². The molecule has 0 spiro atoms. The maximum atomic E-state index is 12.5. The molecule has 2 rings (SSSR count). The van der Waals surface area contributed by atoms with Crippen molar-refractivity contribution in [3.63, 3.8) is 0 Å². The van der Waals surface area contributed by atoms with Gasteiger partial charge in [0.1, 0.15) is 5.75 Å². The molecule has 0 aliphatic carbocycles. The Kier molecular flexibility index (Phi) is 7.16. The second-order valence-corrected chi connectivity index (χ2v) is 7.11. The highest BCUT2D eigenvalue weighted by atomic mass is 32.1. The molecule has 138 valence electrons. The average Bonchev–Trinajstić information content (AvgIpc) is 2.61. The van der Waals surface area contributed by atoms with E-state index in [2.05, 4.69) is 36.6 Å². The van der Waals surface area contributed by atoms with Crippen LogP contribution in [0.3, 0.4) is 0 Å². The third kappa shape index (κ3) is 5.56. The van der Waals surface area contributed by atoms with Crippen LogP contribution in [0, 0.1) is 5.92 Å². The molecule has 2 N–H and O–H groups in total. The number of carbonyl (C=O) groups excluding carboxylic acids is 1. The normalized spacial score (nSPS) is 11.7. The summed E-state index contributed by atoms with van der Waals surface area (Å²) in [7, 11) is 1.59. The van der Waals surface area contributed by atoms with E-state index in [-0.39, 0.29) is 16.9 Å². The number of rotatable bonds is 6. The van der Waals surface area contributed by atoms with Crippen LogP contribution >= 0.6 is 12.2 Å². The largest absolute Gasteiger partial charge is 0.495 e. The van der Waals surface area contributed by atoms with Crippen molar-refractivity contribution in [2.45, 2.75) is 33.1 Å². The lowest BCUT2D eigenvalue weighted by Gasteiger charge is -2.16. The molecule has 0 fully saturated rings. The standard InChI is InChI=1S/C21H26N2O2S/c1-14(2)13-16-9-11-17(12-10-16)15(3)20(24)23-21(26)22-18-7-5-6-8-19(18)25-4/h5-12,14-15H,13H2,1-4H3,(H2,22,23,24,26). The van der Waals surface area contributed by atoms with Crippen molar-refractivity contribution < 1.29 is 9.53 Å². The third-order valence-corrected chi connectivity index (χ3v) is 4.31. The summed E-state index contributed by atoms with van der Waals surface area (Å²) in [5.41, 5.74) is 2.96. The minimum absolute atomic E-state index is 0.144. The fraction of sp³-hybridized carbons (Fsp3) is 0.333. The van der Waals surface area contributed by atoms with Gasteiger partial charge in [0, 0.05) is 0 Å². The van der Waals surface area contributed by atoms with Crippen LogP contribution in [0.2, 0.25) is 0 Å². The molecule has 2 aromatic carbocycles. The van der Waals surface area contributed by atoms with Gasteiger partial charge in [0.25, 0.3) is 0 Å². The van der Waals surface area contributed by atoms with E-state index in [0.29, 0.717) is 17.4 Å². The Morgan fingerprint density at radius 1 is 1.08 bits per heavy atom. The fourth-order valence-electron chi connectivity index (χ4n) is 2.69. The van der Waals surface area contributed by atoms with Crippen LogP contribution in [0.4, 0.5) is 5.69 Å². The fourth-order valence-corrected chi connectivity index (χ4v) is 2.90. The summed E-state index contributed by atoms with van der Waals surface area (Å²) in [6.45, 7) is 6.26. The molecule has 0 radical (unpaired) electrons. The highest BCUT2D eigenvalue weighted by Crippen LogP contribution is 2.23. The van der Waals surface area contributed by atoms with Gasteiger partial charge in [0.05, 0.1) is 18.7 Å². The van der Waals surface area contributed by atoms with E-state index in [0.717, 1.165) is 12.0 Å². The van der Waals surface area contributed by atoms with Gasteiger partial charge in [-0.05, 0) is 54.7 Å². The van der Waals surface area contributed by atoms with Gasteiger partial charge in [-0.15, -0.1) is 0 Å². The van der Waals surface area contributed by atoms with Crippen molar-refractivity contribution in [1.29, 1.82) is 0 Å². The summed E-state index contributed by atoms with van der Waals surface area (Å²) >= 11 is 5.26.